The van der Waals surface area contributed by atoms with Crippen LogP contribution in [0.1, 0.15) is 40.1 Å². The van der Waals surface area contributed by atoms with E-state index < -0.39 is 0 Å². The van der Waals surface area contributed by atoms with Gasteiger partial charge in [-0.05, 0) is 35.4 Å². The van der Waals surface area contributed by atoms with E-state index in [4.69, 9.17) is 9.57 Å². The number of methoxy groups -OCH3 is 1. The van der Waals surface area contributed by atoms with Crippen molar-refractivity contribution in [3.63, 3.8) is 0 Å². The zero-order valence-corrected chi connectivity index (χ0v) is 15.1. The summed E-state index contributed by atoms with van der Waals surface area (Å²) in [6.45, 7) is 0. The molecule has 3 aromatic carbocycles. The molecule has 4 heteroatoms. The first-order valence-electron chi connectivity index (χ1n) is 9.00. The molecule has 2 unspecified atom stereocenters. The standard InChI is InChI=1S/C23H21NO3/c1-26-23(25)19-14-12-17(13-15-19)21-16-22(18-8-4-2-5-9-18)27-24(21)20-10-6-3-7-11-20/h2-15,21-22H,16H2,1H3. The van der Waals surface area contributed by atoms with E-state index in [0.29, 0.717) is 5.56 Å². The minimum Gasteiger partial charge on any atom is -0.465 e. The molecule has 0 N–H and O–H groups in total. The lowest BCUT2D eigenvalue weighted by Crippen LogP contribution is -2.21. The van der Waals surface area contributed by atoms with Crippen molar-refractivity contribution in [2.75, 3.05) is 12.2 Å². The third-order valence-electron chi connectivity index (χ3n) is 4.86. The van der Waals surface area contributed by atoms with Gasteiger partial charge in [-0.25, -0.2) is 9.86 Å². The van der Waals surface area contributed by atoms with Crippen LogP contribution in [0.2, 0.25) is 0 Å². The minimum atomic E-state index is -0.328. The fourth-order valence-corrected chi connectivity index (χ4v) is 3.46. The van der Waals surface area contributed by atoms with E-state index >= 15 is 0 Å². The number of hydroxylamine groups is 1. The summed E-state index contributed by atoms with van der Waals surface area (Å²) in [6, 6.07) is 28.0. The molecule has 2 atom stereocenters. The van der Waals surface area contributed by atoms with Gasteiger partial charge < -0.3 is 4.74 Å². The average molecular weight is 359 g/mol. The molecule has 1 heterocycles. The predicted molar refractivity (Wildman–Crippen MR) is 104 cm³/mol. The van der Waals surface area contributed by atoms with Crippen LogP contribution >= 0.6 is 0 Å². The number of carbonyl (C=O) groups is 1. The predicted octanol–water partition coefficient (Wildman–Crippen LogP) is 5.10. The van der Waals surface area contributed by atoms with Crippen LogP contribution in [-0.2, 0) is 9.57 Å². The highest BCUT2D eigenvalue weighted by atomic mass is 16.7. The molecule has 3 aromatic rings. The Kier molecular flexibility index (Phi) is 4.90. The maximum absolute atomic E-state index is 11.7. The van der Waals surface area contributed by atoms with Gasteiger partial charge in [0.25, 0.3) is 0 Å². The summed E-state index contributed by atoms with van der Waals surface area (Å²) in [7, 11) is 1.39. The zero-order valence-electron chi connectivity index (χ0n) is 15.1. The molecule has 1 fully saturated rings. The van der Waals surface area contributed by atoms with Crippen molar-refractivity contribution in [3.8, 4) is 0 Å². The van der Waals surface area contributed by atoms with Crippen molar-refractivity contribution < 1.29 is 14.4 Å². The van der Waals surface area contributed by atoms with E-state index in [1.54, 1.807) is 12.1 Å². The van der Waals surface area contributed by atoms with Gasteiger partial charge >= 0.3 is 5.97 Å². The molecule has 1 aliphatic rings. The highest BCUT2D eigenvalue weighted by molar-refractivity contribution is 5.89. The molecular weight excluding hydrogens is 338 g/mol. The molecule has 0 saturated carbocycles. The summed E-state index contributed by atoms with van der Waals surface area (Å²) in [6.07, 6.45) is 0.813. The molecular formula is C23H21NO3. The van der Waals surface area contributed by atoms with E-state index in [1.165, 1.54) is 7.11 Å². The smallest absolute Gasteiger partial charge is 0.337 e. The number of ether oxygens (including phenoxy) is 1. The summed E-state index contributed by atoms with van der Waals surface area (Å²) in [5.74, 6) is -0.328. The number of hydrogen-bond donors (Lipinski definition) is 0. The number of para-hydroxylation sites is 1. The molecule has 0 radical (unpaired) electrons. The second-order valence-electron chi connectivity index (χ2n) is 6.53. The van der Waals surface area contributed by atoms with Crippen LogP contribution < -0.4 is 5.06 Å². The van der Waals surface area contributed by atoms with E-state index in [-0.39, 0.29) is 18.1 Å². The van der Waals surface area contributed by atoms with Crippen LogP contribution in [-0.4, -0.2) is 13.1 Å². The molecule has 4 rings (SSSR count). The topological polar surface area (TPSA) is 38.8 Å². The van der Waals surface area contributed by atoms with Gasteiger partial charge in [0.05, 0.1) is 24.4 Å². The SMILES string of the molecule is COC(=O)c1ccc(C2CC(c3ccccc3)ON2c2ccccc2)cc1. The molecule has 136 valence electrons. The Labute approximate surface area is 158 Å². The van der Waals surface area contributed by atoms with Crippen molar-refractivity contribution in [1.29, 1.82) is 0 Å². The zero-order chi connectivity index (χ0) is 18.6. The summed E-state index contributed by atoms with van der Waals surface area (Å²) in [5.41, 5.74) is 3.82. The number of nitrogens with zero attached hydrogens (tertiary/aromatic N) is 1. The largest absolute Gasteiger partial charge is 0.465 e. The van der Waals surface area contributed by atoms with Crippen molar-refractivity contribution >= 4 is 11.7 Å². The Morgan fingerprint density at radius 1 is 0.889 bits per heavy atom. The molecule has 0 bridgehead atoms. The normalized spacial score (nSPS) is 19.1. The number of carbonyl (C=O) groups excluding carboxylic acids is 1. The van der Waals surface area contributed by atoms with Gasteiger partial charge in [0.15, 0.2) is 0 Å². The van der Waals surface area contributed by atoms with Gasteiger partial charge in [-0.3, -0.25) is 4.84 Å². The molecule has 0 aromatic heterocycles. The Bertz CT molecular complexity index is 894. The summed E-state index contributed by atoms with van der Waals surface area (Å²) in [4.78, 5) is 18.1. The second kappa shape index (κ2) is 7.64. The van der Waals surface area contributed by atoms with Crippen LogP contribution in [0.3, 0.4) is 0 Å². The molecule has 0 amide bonds. The summed E-state index contributed by atoms with van der Waals surface area (Å²) in [5, 5.41) is 1.98. The minimum absolute atomic E-state index is 0.0170. The number of esters is 1. The number of rotatable bonds is 4. The van der Waals surface area contributed by atoms with Crippen LogP contribution in [0.5, 0.6) is 0 Å². The molecule has 0 spiro atoms. The van der Waals surface area contributed by atoms with Gasteiger partial charge in [0.2, 0.25) is 0 Å². The van der Waals surface area contributed by atoms with Crippen LogP contribution in [0.4, 0.5) is 5.69 Å². The number of anilines is 1. The van der Waals surface area contributed by atoms with Gasteiger partial charge in [0.1, 0.15) is 6.10 Å². The fraction of sp³-hybridized carbons (Fsp3) is 0.174. The van der Waals surface area contributed by atoms with Crippen molar-refractivity contribution in [1.82, 2.24) is 0 Å². The summed E-state index contributed by atoms with van der Waals surface area (Å²) >= 11 is 0. The molecule has 4 nitrogen and oxygen atoms in total. The molecule has 1 saturated heterocycles. The van der Waals surface area contributed by atoms with Gasteiger partial charge in [0, 0.05) is 6.42 Å². The van der Waals surface area contributed by atoms with Crippen molar-refractivity contribution in [2.45, 2.75) is 18.6 Å². The van der Waals surface area contributed by atoms with E-state index in [1.807, 2.05) is 65.7 Å². The highest BCUT2D eigenvalue weighted by Crippen LogP contribution is 2.44. The first-order valence-corrected chi connectivity index (χ1v) is 9.00. The van der Waals surface area contributed by atoms with Gasteiger partial charge in [-0.2, -0.15) is 0 Å². The van der Waals surface area contributed by atoms with E-state index in [0.717, 1.165) is 23.2 Å². The Morgan fingerprint density at radius 2 is 1.52 bits per heavy atom. The Balaban J connectivity index is 1.66. The quantitative estimate of drug-likeness (QED) is 0.608. The molecule has 0 aliphatic carbocycles. The number of hydrogen-bond acceptors (Lipinski definition) is 4. The maximum Gasteiger partial charge on any atom is 0.337 e. The molecule has 1 aliphatic heterocycles. The molecule has 27 heavy (non-hydrogen) atoms. The Morgan fingerprint density at radius 3 is 2.15 bits per heavy atom. The highest BCUT2D eigenvalue weighted by Gasteiger charge is 2.35. The van der Waals surface area contributed by atoms with Gasteiger partial charge in [-0.1, -0.05) is 60.7 Å². The first kappa shape index (κ1) is 17.3. The second-order valence-corrected chi connectivity index (χ2v) is 6.53. The third kappa shape index (κ3) is 3.57. The van der Waals surface area contributed by atoms with Gasteiger partial charge in [-0.15, -0.1) is 0 Å². The monoisotopic (exact) mass is 359 g/mol. The van der Waals surface area contributed by atoms with Crippen molar-refractivity contribution in [3.05, 3.63) is 102 Å². The van der Waals surface area contributed by atoms with E-state index in [2.05, 4.69) is 12.1 Å². The summed E-state index contributed by atoms with van der Waals surface area (Å²) < 4.78 is 4.79. The first-order chi connectivity index (χ1) is 13.3. The van der Waals surface area contributed by atoms with Crippen LogP contribution in [0.15, 0.2) is 84.9 Å². The lowest BCUT2D eigenvalue weighted by Gasteiger charge is -2.25. The Hall–Kier alpha value is -3.11. The average Bonchev–Trinajstić information content (AvgIpc) is 3.20. The van der Waals surface area contributed by atoms with E-state index in [9.17, 15) is 4.79 Å². The van der Waals surface area contributed by atoms with Crippen molar-refractivity contribution in [2.24, 2.45) is 0 Å². The fourth-order valence-electron chi connectivity index (χ4n) is 3.46. The number of benzene rings is 3. The van der Waals surface area contributed by atoms with Crippen LogP contribution in [0.25, 0.3) is 0 Å². The maximum atomic E-state index is 11.7. The lowest BCUT2D eigenvalue weighted by molar-refractivity contribution is 0.0600. The lowest BCUT2D eigenvalue weighted by atomic mass is 9.97. The van der Waals surface area contributed by atoms with Crippen LogP contribution in [0, 0.1) is 0 Å². The third-order valence-corrected chi connectivity index (χ3v) is 4.86.